The molecule has 13 heavy (non-hydrogen) atoms. The molecule has 0 fully saturated rings. The molecule has 1 N–H and O–H groups in total. The summed E-state index contributed by atoms with van der Waals surface area (Å²) in [5.74, 6) is 0.599. The maximum absolute atomic E-state index is 9.31. The molecule has 0 aliphatic carbocycles. The van der Waals surface area contributed by atoms with Gasteiger partial charge < -0.3 is 9.52 Å². The molecule has 2 nitrogen and oxygen atoms in total. The summed E-state index contributed by atoms with van der Waals surface area (Å²) in [7, 11) is 0. The molecule has 2 aromatic rings. The van der Waals surface area contributed by atoms with Crippen LogP contribution in [0.5, 0.6) is 0 Å². The van der Waals surface area contributed by atoms with E-state index < -0.39 is 6.10 Å². The summed E-state index contributed by atoms with van der Waals surface area (Å²) in [5.41, 5.74) is 0.797. The average molecular weight is 241 g/mol. The maximum Gasteiger partial charge on any atom is 0.135 e. The second-order valence-corrected chi connectivity index (χ2v) is 3.83. The molecule has 0 saturated heterocycles. The lowest BCUT2D eigenvalue weighted by atomic mass is 10.2. The Morgan fingerprint density at radius 1 is 1.46 bits per heavy atom. The van der Waals surface area contributed by atoms with Gasteiger partial charge in [0.25, 0.3) is 0 Å². The lowest BCUT2D eigenvalue weighted by Crippen LogP contribution is -1.85. The fraction of sp³-hybridized carbons (Fsp3) is 0.200. The van der Waals surface area contributed by atoms with Gasteiger partial charge in [-0.25, -0.2) is 0 Å². The third-order valence-electron chi connectivity index (χ3n) is 1.94. The first-order valence-corrected chi connectivity index (χ1v) is 4.84. The van der Waals surface area contributed by atoms with Crippen molar-refractivity contribution < 1.29 is 9.52 Å². The summed E-state index contributed by atoms with van der Waals surface area (Å²) in [5, 5.41) is 10.3. The Morgan fingerprint density at radius 2 is 2.23 bits per heavy atom. The van der Waals surface area contributed by atoms with Crippen molar-refractivity contribution >= 4 is 26.9 Å². The molecule has 0 aliphatic heterocycles. The molecule has 0 bridgehead atoms. The molecule has 1 aromatic heterocycles. The van der Waals surface area contributed by atoms with E-state index in [9.17, 15) is 5.11 Å². The van der Waals surface area contributed by atoms with E-state index in [2.05, 4.69) is 15.9 Å². The quantitative estimate of drug-likeness (QED) is 0.831. The van der Waals surface area contributed by atoms with E-state index in [1.54, 1.807) is 6.92 Å². The van der Waals surface area contributed by atoms with Gasteiger partial charge >= 0.3 is 0 Å². The Balaban J connectivity index is 2.68. The van der Waals surface area contributed by atoms with Crippen LogP contribution in [0.4, 0.5) is 0 Å². The number of aliphatic hydroxyl groups excluding tert-OH is 1. The predicted molar refractivity (Wildman–Crippen MR) is 54.5 cm³/mol. The zero-order valence-corrected chi connectivity index (χ0v) is 8.71. The minimum atomic E-state index is -0.556. The van der Waals surface area contributed by atoms with Crippen LogP contribution in [0.2, 0.25) is 0 Å². The van der Waals surface area contributed by atoms with Crippen molar-refractivity contribution in [2.75, 3.05) is 0 Å². The highest BCUT2D eigenvalue weighted by molar-refractivity contribution is 9.10. The molecule has 1 heterocycles. The molecule has 68 valence electrons. The zero-order chi connectivity index (χ0) is 9.42. The maximum atomic E-state index is 9.31. The largest absolute Gasteiger partial charge is 0.458 e. The molecule has 0 amide bonds. The van der Waals surface area contributed by atoms with Crippen molar-refractivity contribution in [3.8, 4) is 0 Å². The fourth-order valence-corrected chi connectivity index (χ4v) is 1.71. The van der Waals surface area contributed by atoms with E-state index in [4.69, 9.17) is 4.42 Å². The second-order valence-electron chi connectivity index (χ2n) is 2.98. The average Bonchev–Trinajstić information content (AvgIpc) is 2.49. The van der Waals surface area contributed by atoms with E-state index in [-0.39, 0.29) is 0 Å². The Morgan fingerprint density at radius 3 is 2.85 bits per heavy atom. The van der Waals surface area contributed by atoms with Crippen LogP contribution in [0.1, 0.15) is 18.8 Å². The van der Waals surface area contributed by atoms with Crippen molar-refractivity contribution in [1.82, 2.24) is 0 Å². The van der Waals surface area contributed by atoms with Crippen LogP contribution < -0.4 is 0 Å². The number of rotatable bonds is 1. The van der Waals surface area contributed by atoms with Gasteiger partial charge in [0.2, 0.25) is 0 Å². The monoisotopic (exact) mass is 240 g/mol. The van der Waals surface area contributed by atoms with Crippen LogP contribution in [-0.4, -0.2) is 5.11 Å². The summed E-state index contributed by atoms with van der Waals surface area (Å²) < 4.78 is 6.42. The number of fused-ring (bicyclic) bond motifs is 1. The lowest BCUT2D eigenvalue weighted by molar-refractivity contribution is 0.172. The highest BCUT2D eigenvalue weighted by atomic mass is 79.9. The molecule has 0 spiro atoms. The van der Waals surface area contributed by atoms with Crippen LogP contribution >= 0.6 is 15.9 Å². The summed E-state index contributed by atoms with van der Waals surface area (Å²) in [6.07, 6.45) is -0.556. The first-order valence-electron chi connectivity index (χ1n) is 4.04. The number of aliphatic hydroxyl groups is 1. The molecule has 0 saturated carbocycles. The van der Waals surface area contributed by atoms with Gasteiger partial charge in [-0.1, -0.05) is 22.0 Å². The number of hydrogen-bond donors (Lipinski definition) is 1. The van der Waals surface area contributed by atoms with Gasteiger partial charge in [-0.2, -0.15) is 0 Å². The smallest absolute Gasteiger partial charge is 0.135 e. The van der Waals surface area contributed by atoms with E-state index >= 15 is 0 Å². The first kappa shape index (κ1) is 8.78. The molecule has 2 rings (SSSR count). The van der Waals surface area contributed by atoms with E-state index in [0.717, 1.165) is 15.4 Å². The molecule has 0 aliphatic rings. The summed E-state index contributed by atoms with van der Waals surface area (Å²) in [6, 6.07) is 7.58. The number of hydrogen-bond acceptors (Lipinski definition) is 2. The van der Waals surface area contributed by atoms with E-state index in [1.807, 2.05) is 24.3 Å². The third-order valence-corrected chi connectivity index (χ3v) is 2.63. The number of halogens is 1. The number of benzene rings is 1. The zero-order valence-electron chi connectivity index (χ0n) is 7.12. The number of furan rings is 1. The van der Waals surface area contributed by atoms with Gasteiger partial charge in [0, 0.05) is 9.86 Å². The van der Waals surface area contributed by atoms with Crippen molar-refractivity contribution in [3.63, 3.8) is 0 Å². The highest BCUT2D eigenvalue weighted by Crippen LogP contribution is 2.29. The second kappa shape index (κ2) is 3.16. The minimum Gasteiger partial charge on any atom is -0.458 e. The SMILES string of the molecule is CC(O)c1cc2c(Br)cccc2o1. The third kappa shape index (κ3) is 1.49. The van der Waals surface area contributed by atoms with Gasteiger partial charge in [0.1, 0.15) is 17.4 Å². The van der Waals surface area contributed by atoms with Gasteiger partial charge in [0.15, 0.2) is 0 Å². The Bertz CT molecular complexity index is 431. The Hall–Kier alpha value is -0.800. The lowest BCUT2D eigenvalue weighted by Gasteiger charge is -1.95. The fourth-order valence-electron chi connectivity index (χ4n) is 1.25. The molecule has 1 atom stereocenters. The van der Waals surface area contributed by atoms with E-state index in [0.29, 0.717) is 5.76 Å². The topological polar surface area (TPSA) is 33.4 Å². The van der Waals surface area contributed by atoms with Crippen LogP contribution in [0.25, 0.3) is 11.0 Å². The van der Waals surface area contributed by atoms with E-state index in [1.165, 1.54) is 0 Å². The highest BCUT2D eigenvalue weighted by Gasteiger charge is 2.09. The molecular weight excluding hydrogens is 232 g/mol. The molecular formula is C10H9BrO2. The van der Waals surface area contributed by atoms with Crippen molar-refractivity contribution in [2.45, 2.75) is 13.0 Å². The molecule has 1 aromatic carbocycles. The molecule has 1 unspecified atom stereocenters. The van der Waals surface area contributed by atoms with Crippen LogP contribution in [0.15, 0.2) is 33.2 Å². The van der Waals surface area contributed by atoms with Gasteiger partial charge in [-0.05, 0) is 25.1 Å². The standard InChI is InChI=1S/C10H9BrO2/c1-6(12)10-5-7-8(11)3-2-4-9(7)13-10/h2-6,12H,1H3. The Labute approximate surface area is 84.3 Å². The van der Waals surface area contributed by atoms with Crippen molar-refractivity contribution in [3.05, 3.63) is 34.5 Å². The van der Waals surface area contributed by atoms with Crippen molar-refractivity contribution in [2.24, 2.45) is 0 Å². The van der Waals surface area contributed by atoms with Gasteiger partial charge in [0.05, 0.1) is 0 Å². The van der Waals surface area contributed by atoms with Crippen LogP contribution in [-0.2, 0) is 0 Å². The summed E-state index contributed by atoms with van der Waals surface area (Å²) in [6.45, 7) is 1.69. The normalized spacial score (nSPS) is 13.5. The Kier molecular flexibility index (Phi) is 2.14. The van der Waals surface area contributed by atoms with Gasteiger partial charge in [-0.15, -0.1) is 0 Å². The summed E-state index contributed by atoms with van der Waals surface area (Å²) >= 11 is 3.42. The predicted octanol–water partition coefficient (Wildman–Crippen LogP) is 3.25. The minimum absolute atomic E-state index is 0.556. The molecule has 0 radical (unpaired) electrons. The van der Waals surface area contributed by atoms with Crippen LogP contribution in [0.3, 0.4) is 0 Å². The molecule has 3 heteroatoms. The van der Waals surface area contributed by atoms with Gasteiger partial charge in [-0.3, -0.25) is 0 Å². The first-order chi connectivity index (χ1) is 6.18. The van der Waals surface area contributed by atoms with Crippen LogP contribution in [0, 0.1) is 0 Å². The van der Waals surface area contributed by atoms with Crippen molar-refractivity contribution in [1.29, 1.82) is 0 Å². The summed E-state index contributed by atoms with van der Waals surface area (Å²) in [4.78, 5) is 0.